The summed E-state index contributed by atoms with van der Waals surface area (Å²) in [4.78, 5) is 78.0. The highest BCUT2D eigenvalue weighted by molar-refractivity contribution is 14.1. The lowest BCUT2D eigenvalue weighted by Crippen LogP contribution is -2.57. The molecule has 49 heteroatoms. The fraction of sp³-hybridized carbons (Fsp3) is 0.836. The number of unbranched alkanes of at least 4 members (excludes halogenated alkanes) is 1. The van der Waals surface area contributed by atoms with Gasteiger partial charge in [-0.3, -0.25) is 24.0 Å². The Hall–Kier alpha value is -4.83. The second-order valence-corrected chi connectivity index (χ2v) is 29.7. The molecule has 1 rings (SSSR count). The number of anilines is 1. The quantitative estimate of drug-likeness (QED) is 0.0213. The lowest BCUT2D eigenvalue weighted by atomic mass is 10.0. The first-order valence-corrected chi connectivity index (χ1v) is 40.5. The van der Waals surface area contributed by atoms with Crippen LogP contribution in [0.1, 0.15) is 51.5 Å². The zero-order chi connectivity index (χ0) is 91.7. The summed E-state index contributed by atoms with van der Waals surface area (Å²) >= 11 is 1.77. The molecule has 1 aromatic rings. The number of hydrogen-bond donors (Lipinski definition) is 29. The molecule has 12 unspecified atom stereocenters. The highest BCUT2D eigenvalue weighted by Crippen LogP contribution is 2.17. The van der Waals surface area contributed by atoms with Gasteiger partial charge in [0.05, 0.1) is 171 Å². The largest absolute Gasteiger partial charge is 0.394 e. The number of benzene rings is 1. The number of amides is 7. The van der Waals surface area contributed by atoms with Crippen LogP contribution in [0.4, 0.5) is 10.5 Å². The maximum Gasteiger partial charge on any atom is 0.312 e. The summed E-state index contributed by atoms with van der Waals surface area (Å²) in [7, 11) is 1.58. The van der Waals surface area contributed by atoms with Crippen molar-refractivity contribution in [3.63, 3.8) is 0 Å². The summed E-state index contributed by atoms with van der Waals surface area (Å²) in [5.41, 5.74) is 6.53. The third-order valence-electron chi connectivity index (χ3n) is 17.3. The minimum Gasteiger partial charge on any atom is -0.394 e. The van der Waals surface area contributed by atoms with Crippen molar-refractivity contribution in [2.75, 3.05) is 197 Å². The number of halogens is 1. The molecule has 7 amide bonds. The van der Waals surface area contributed by atoms with Gasteiger partial charge in [-0.2, -0.15) is 0 Å². The fourth-order valence-corrected chi connectivity index (χ4v) is 11.0. The Morgan fingerprint density at radius 1 is 0.385 bits per heavy atom. The molecule has 0 saturated heterocycles. The molecule has 714 valence electrons. The molecule has 0 aliphatic carbocycles. The van der Waals surface area contributed by atoms with Crippen molar-refractivity contribution >= 4 is 64.3 Å². The monoisotopic (exact) mass is 1890 g/mol. The first kappa shape index (κ1) is 115. The highest BCUT2D eigenvalue weighted by atomic mass is 127. The third-order valence-corrected chi connectivity index (χ3v) is 17.6. The Morgan fingerprint density at radius 2 is 0.705 bits per heavy atom. The Kier molecular flexibility index (Phi) is 64.5. The van der Waals surface area contributed by atoms with Crippen LogP contribution in [0.5, 0.6) is 0 Å². The van der Waals surface area contributed by atoms with Crippen molar-refractivity contribution in [1.82, 2.24) is 31.5 Å². The summed E-state index contributed by atoms with van der Waals surface area (Å²) in [6.45, 7) is -7.58. The maximum absolute atomic E-state index is 13.7. The number of aliphatic hydroxyl groups excluding tert-OH is 22. The zero-order valence-electron chi connectivity index (χ0n) is 68.8. The highest BCUT2D eigenvalue weighted by Gasteiger charge is 2.38. The number of urea groups is 1. The van der Waals surface area contributed by atoms with Gasteiger partial charge in [-0.15, -0.1) is 0 Å². The molecule has 0 radical (unpaired) electrons. The van der Waals surface area contributed by atoms with Crippen LogP contribution in [0.15, 0.2) is 24.3 Å². The van der Waals surface area contributed by atoms with E-state index >= 15 is 0 Å². The number of aliphatic hydroxyl groups is 22. The predicted molar refractivity (Wildman–Crippen MR) is 429 cm³/mol. The molecule has 30 N–H and O–H groups in total. The number of hydrogen-bond acceptors (Lipinski definition) is 41. The van der Waals surface area contributed by atoms with Crippen molar-refractivity contribution in [2.45, 2.75) is 193 Å². The molecule has 0 aliphatic rings. The SMILES string of the molecule is CN[C@@H](CCCCNC(=O)C(O)COCC(O)COCC(O)COCC(O)COCC(O)COCC(O)COCC(O)COCC(O)COCC(O)COCC(O)COCC(O)COCC(O)C(=O)N(C[C@H](O)[C@@H](O)[C@H](O)[C@H](O)CO)C[C@H](O)[C@@H](O)[C@H](O)[C@H](O)CO)C(=O)N[C@H](C(=O)N[C@@H](CCCNC(N)=O)C(=O)Nc1ccc(COI)cc1)C(C)C. The molecule has 0 heterocycles. The third kappa shape index (κ3) is 53.7. The lowest BCUT2D eigenvalue weighted by molar-refractivity contribution is -0.157. The molecule has 0 fully saturated rings. The van der Waals surface area contributed by atoms with Crippen LogP contribution in [0.3, 0.4) is 0 Å². The van der Waals surface area contributed by atoms with Crippen LogP contribution in [0.2, 0.25) is 0 Å². The van der Waals surface area contributed by atoms with Gasteiger partial charge in [-0.1, -0.05) is 26.0 Å². The number of likely N-dealkylation sites (N-methyl/N-ethyl adjacent to an activating group) is 1. The smallest absolute Gasteiger partial charge is 0.312 e. The number of carbonyl (C=O) groups excluding carboxylic acids is 6. The average Bonchev–Trinajstić information content (AvgIpc) is 0.891. The summed E-state index contributed by atoms with van der Waals surface area (Å²) in [5, 5.41) is 238. The lowest BCUT2D eigenvalue weighted by Gasteiger charge is -2.34. The van der Waals surface area contributed by atoms with E-state index in [-0.39, 0.29) is 138 Å². The number of rotatable bonds is 77. The first-order valence-electron chi connectivity index (χ1n) is 39.6. The van der Waals surface area contributed by atoms with E-state index in [1.54, 1.807) is 68.2 Å². The molecule has 48 nitrogen and oxygen atoms in total. The summed E-state index contributed by atoms with van der Waals surface area (Å²) < 4.78 is 62.9. The average molecular weight is 1890 g/mol. The summed E-state index contributed by atoms with van der Waals surface area (Å²) in [6.07, 6.45) is -31.0. The van der Waals surface area contributed by atoms with Crippen molar-refractivity contribution in [3.8, 4) is 0 Å². The van der Waals surface area contributed by atoms with E-state index in [2.05, 4.69) is 31.9 Å². The maximum atomic E-state index is 13.7. The topological polar surface area (TPSA) is 760 Å². The van der Waals surface area contributed by atoms with E-state index < -0.39 is 234 Å². The number of nitrogens with zero attached hydrogens (tertiary/aromatic N) is 1. The minimum absolute atomic E-state index is 0.134. The van der Waals surface area contributed by atoms with Gasteiger partial charge in [0.15, 0.2) is 12.2 Å². The van der Waals surface area contributed by atoms with E-state index in [9.17, 15) is 131 Å². The van der Waals surface area contributed by atoms with Gasteiger partial charge >= 0.3 is 6.03 Å². The van der Waals surface area contributed by atoms with E-state index in [1.165, 1.54) is 0 Å². The van der Waals surface area contributed by atoms with Crippen LogP contribution in [0.25, 0.3) is 0 Å². The first-order chi connectivity index (χ1) is 57.9. The Bertz CT molecular complexity index is 2850. The van der Waals surface area contributed by atoms with E-state index in [0.717, 1.165) is 5.56 Å². The van der Waals surface area contributed by atoms with Gasteiger partial charge in [-0.05, 0) is 62.8 Å². The second-order valence-electron chi connectivity index (χ2n) is 29.1. The van der Waals surface area contributed by atoms with Gasteiger partial charge < -0.3 is 210 Å². The van der Waals surface area contributed by atoms with Gasteiger partial charge in [0.2, 0.25) is 17.7 Å². The molecular weight excluding hydrogens is 1760 g/mol. The van der Waals surface area contributed by atoms with Gasteiger partial charge in [0, 0.05) is 31.9 Å². The molecule has 23 atom stereocenters. The Labute approximate surface area is 720 Å². The summed E-state index contributed by atoms with van der Waals surface area (Å²) in [6, 6.07) is 3.37. The summed E-state index contributed by atoms with van der Waals surface area (Å²) in [5.74, 6) is -4.06. The number of carbonyl (C=O) groups is 6. The van der Waals surface area contributed by atoms with Crippen molar-refractivity contribution in [3.05, 3.63) is 29.8 Å². The number of nitrogens with two attached hydrogens (primary N) is 1. The zero-order valence-corrected chi connectivity index (χ0v) is 71.0. The van der Waals surface area contributed by atoms with Crippen LogP contribution in [0, 0.1) is 5.92 Å². The molecule has 0 aromatic heterocycles. The van der Waals surface area contributed by atoms with Gasteiger partial charge in [-0.25, -0.2) is 4.79 Å². The van der Waals surface area contributed by atoms with Crippen molar-refractivity contribution < 1.29 is 196 Å². The normalized spacial score (nSPS) is 17.7. The van der Waals surface area contributed by atoms with E-state index in [0.29, 0.717) is 42.9 Å². The van der Waals surface area contributed by atoms with Gasteiger partial charge in [0.1, 0.15) is 145 Å². The molecule has 122 heavy (non-hydrogen) atoms. The number of ether oxygens (including phenoxy) is 11. The molecule has 1 aromatic carbocycles. The van der Waals surface area contributed by atoms with Gasteiger partial charge in [0.25, 0.3) is 11.8 Å². The Balaban J connectivity index is 2.21. The Morgan fingerprint density at radius 3 is 1.02 bits per heavy atom. The van der Waals surface area contributed by atoms with Crippen LogP contribution in [-0.2, 0) is 85.8 Å². The molecule has 0 bridgehead atoms. The van der Waals surface area contributed by atoms with Crippen molar-refractivity contribution in [2.24, 2.45) is 11.7 Å². The second kappa shape index (κ2) is 68.3. The van der Waals surface area contributed by atoms with Crippen molar-refractivity contribution in [1.29, 1.82) is 0 Å². The standard InChI is InChI=1S/C73H135IN8O40/c1-42(2)63(71(108)80-56(8-6-14-78-73(75)110)69(106)79-44-11-9-43(10-12-44)19-122-74)81-68(105)55(76-3)7-4-5-13-77-70(107)61(99)40-120-38-53(93)36-118-34-51(91)32-116-30-49(89)28-114-26-47(87)24-112-22-45(85)20-111-21-46(86)23-113-25-48(88)27-115-29-50(90)31-117-33-52(92)35-119-37-54(94)39-121-41-62(100)72(109)82(15-57(95)64(101)66(103)59(97)17-83)16-58(96)65(102)67(104)60(98)18-84/h9-12,42,45-67,76,83-104H,4-8,13-41H2,1-3H3,(H,77,107)(H,79,106)(H,80,108)(H,81,105)(H3,75,78,110)/t45?,46?,47?,48?,49?,50?,51?,52?,53?,54?,55-,56-,57-,58-,59+,60+,61?,62?,63-,64+,65+,66+,67+/m0/s1. The molecule has 0 spiro atoms. The number of nitrogens with one attached hydrogen (secondary N) is 6. The minimum atomic E-state index is -2.21. The molecule has 0 saturated carbocycles. The molecular formula is C73H135IN8O40. The fourth-order valence-electron chi connectivity index (χ4n) is 10.6. The number of primary amides is 1. The van der Waals surface area contributed by atoms with E-state index in [1.807, 2.05) is 0 Å². The van der Waals surface area contributed by atoms with E-state index in [4.69, 9.17) is 71.1 Å². The van der Waals surface area contributed by atoms with Crippen LogP contribution in [-0.4, -0.2) is 485 Å². The molecule has 0 aliphatic heterocycles. The predicted octanol–water partition coefficient (Wildman–Crippen LogP) is -13.3. The van der Waals surface area contributed by atoms with Crippen LogP contribution >= 0.6 is 23.0 Å². The van der Waals surface area contributed by atoms with Crippen LogP contribution < -0.4 is 37.6 Å².